The van der Waals surface area contributed by atoms with Crippen LogP contribution in [0.15, 0.2) is 41.5 Å². The molecule has 0 bridgehead atoms. The SMILES string of the molecule is O=C(O)[C@H]1CCCN(c2nccn(Cc3cccc(F)c3)c2=O)C1. The molecule has 2 aromatic rings. The zero-order chi connectivity index (χ0) is 17.1. The van der Waals surface area contributed by atoms with E-state index in [1.54, 1.807) is 23.2 Å². The molecule has 1 N–H and O–H groups in total. The Bertz CT molecular complexity index is 806. The molecule has 126 valence electrons. The van der Waals surface area contributed by atoms with Crippen LogP contribution in [0.4, 0.5) is 10.2 Å². The highest BCUT2D eigenvalue weighted by Gasteiger charge is 2.27. The van der Waals surface area contributed by atoms with E-state index in [4.69, 9.17) is 0 Å². The maximum atomic E-state index is 13.3. The van der Waals surface area contributed by atoms with Crippen molar-refractivity contribution in [2.24, 2.45) is 5.92 Å². The third-order valence-corrected chi connectivity index (χ3v) is 4.21. The van der Waals surface area contributed by atoms with Gasteiger partial charge >= 0.3 is 5.97 Å². The number of rotatable bonds is 4. The lowest BCUT2D eigenvalue weighted by molar-refractivity contribution is -0.141. The first-order valence-corrected chi connectivity index (χ1v) is 7.82. The maximum Gasteiger partial charge on any atom is 0.308 e. The second-order valence-corrected chi connectivity index (χ2v) is 5.94. The number of carboxylic acid groups (broad SMARTS) is 1. The molecule has 1 aliphatic rings. The molecule has 1 fully saturated rings. The molecule has 1 aromatic carbocycles. The van der Waals surface area contributed by atoms with Crippen LogP contribution in [0.1, 0.15) is 18.4 Å². The number of anilines is 1. The molecule has 7 heteroatoms. The van der Waals surface area contributed by atoms with Gasteiger partial charge in [0, 0.05) is 25.5 Å². The average molecular weight is 331 g/mol. The molecule has 1 atom stereocenters. The Balaban J connectivity index is 1.85. The molecule has 0 aliphatic carbocycles. The van der Waals surface area contributed by atoms with E-state index in [1.807, 2.05) is 0 Å². The fourth-order valence-electron chi connectivity index (χ4n) is 2.98. The average Bonchev–Trinajstić information content (AvgIpc) is 2.57. The van der Waals surface area contributed by atoms with Crippen LogP contribution in [0.3, 0.4) is 0 Å². The van der Waals surface area contributed by atoms with Gasteiger partial charge in [0.25, 0.3) is 5.56 Å². The van der Waals surface area contributed by atoms with Crippen molar-refractivity contribution >= 4 is 11.8 Å². The fraction of sp³-hybridized carbons (Fsp3) is 0.353. The minimum atomic E-state index is -0.851. The van der Waals surface area contributed by atoms with Crippen molar-refractivity contribution in [3.8, 4) is 0 Å². The summed E-state index contributed by atoms with van der Waals surface area (Å²) in [6, 6.07) is 6.08. The summed E-state index contributed by atoms with van der Waals surface area (Å²) in [5, 5.41) is 9.18. The summed E-state index contributed by atoms with van der Waals surface area (Å²) in [5.41, 5.74) is 0.379. The molecule has 2 heterocycles. The van der Waals surface area contributed by atoms with Gasteiger partial charge in [-0.05, 0) is 30.5 Å². The third-order valence-electron chi connectivity index (χ3n) is 4.21. The molecule has 3 rings (SSSR count). The number of benzene rings is 1. The Labute approximate surface area is 138 Å². The van der Waals surface area contributed by atoms with E-state index in [1.165, 1.54) is 22.9 Å². The first-order chi connectivity index (χ1) is 11.5. The lowest BCUT2D eigenvalue weighted by Gasteiger charge is -2.31. The van der Waals surface area contributed by atoms with E-state index in [-0.39, 0.29) is 30.3 Å². The topological polar surface area (TPSA) is 75.4 Å². The van der Waals surface area contributed by atoms with Crippen LogP contribution in [-0.2, 0) is 11.3 Å². The molecule has 0 saturated carbocycles. The summed E-state index contributed by atoms with van der Waals surface area (Å²) in [5.74, 6) is -1.44. The number of carbonyl (C=O) groups is 1. The number of halogens is 1. The van der Waals surface area contributed by atoms with Gasteiger partial charge in [0.2, 0.25) is 0 Å². The first-order valence-electron chi connectivity index (χ1n) is 7.82. The monoisotopic (exact) mass is 331 g/mol. The predicted octanol–water partition coefficient (Wildman–Crippen LogP) is 1.73. The molecule has 1 aromatic heterocycles. The summed E-state index contributed by atoms with van der Waals surface area (Å²) in [4.78, 5) is 29.7. The van der Waals surface area contributed by atoms with Crippen LogP contribution >= 0.6 is 0 Å². The molecular formula is C17H18FN3O3. The lowest BCUT2D eigenvalue weighted by Crippen LogP contribution is -2.42. The molecule has 24 heavy (non-hydrogen) atoms. The van der Waals surface area contributed by atoms with Gasteiger partial charge < -0.3 is 14.6 Å². The molecule has 0 radical (unpaired) electrons. The largest absolute Gasteiger partial charge is 0.481 e. The van der Waals surface area contributed by atoms with Crippen molar-refractivity contribution in [1.82, 2.24) is 9.55 Å². The molecule has 0 unspecified atom stereocenters. The van der Waals surface area contributed by atoms with Crippen molar-refractivity contribution in [2.45, 2.75) is 19.4 Å². The number of nitrogens with zero attached hydrogens (tertiary/aromatic N) is 3. The quantitative estimate of drug-likeness (QED) is 0.923. The summed E-state index contributed by atoms with van der Waals surface area (Å²) in [7, 11) is 0. The Kier molecular flexibility index (Phi) is 4.59. The zero-order valence-corrected chi connectivity index (χ0v) is 13.1. The van der Waals surface area contributed by atoms with Crippen molar-refractivity contribution in [1.29, 1.82) is 0 Å². The van der Waals surface area contributed by atoms with E-state index in [0.717, 1.165) is 0 Å². The number of carboxylic acids is 1. The summed E-state index contributed by atoms with van der Waals surface area (Å²) >= 11 is 0. The van der Waals surface area contributed by atoms with Crippen molar-refractivity contribution in [3.63, 3.8) is 0 Å². The molecule has 6 nitrogen and oxygen atoms in total. The number of hydrogen-bond acceptors (Lipinski definition) is 4. The Morgan fingerprint density at radius 2 is 2.25 bits per heavy atom. The summed E-state index contributed by atoms with van der Waals surface area (Å²) in [6.07, 6.45) is 4.38. The summed E-state index contributed by atoms with van der Waals surface area (Å²) in [6.45, 7) is 1.12. The minimum absolute atomic E-state index is 0.238. The molecule has 0 amide bonds. The van der Waals surface area contributed by atoms with Crippen LogP contribution in [0, 0.1) is 11.7 Å². The molecule has 1 saturated heterocycles. The zero-order valence-electron chi connectivity index (χ0n) is 13.1. The van der Waals surface area contributed by atoms with Crippen LogP contribution in [0.2, 0.25) is 0 Å². The third kappa shape index (κ3) is 3.45. The van der Waals surface area contributed by atoms with Gasteiger partial charge in [-0.1, -0.05) is 12.1 Å². The standard InChI is InChI=1S/C17H18FN3O3/c18-14-5-1-3-12(9-14)10-21-8-6-19-15(16(21)22)20-7-2-4-13(11-20)17(23)24/h1,3,5-6,8-9,13H,2,4,7,10-11H2,(H,23,24)/t13-/m0/s1. The van der Waals surface area contributed by atoms with E-state index in [2.05, 4.69) is 4.98 Å². The fourth-order valence-corrected chi connectivity index (χ4v) is 2.98. The van der Waals surface area contributed by atoms with Gasteiger partial charge in [0.1, 0.15) is 5.82 Å². The van der Waals surface area contributed by atoms with E-state index >= 15 is 0 Å². The number of hydrogen-bond donors (Lipinski definition) is 1. The van der Waals surface area contributed by atoms with Crippen molar-refractivity contribution in [2.75, 3.05) is 18.0 Å². The number of aliphatic carboxylic acids is 1. The normalized spacial score (nSPS) is 17.7. The smallest absolute Gasteiger partial charge is 0.308 e. The molecule has 1 aliphatic heterocycles. The van der Waals surface area contributed by atoms with Gasteiger partial charge in [-0.15, -0.1) is 0 Å². The number of piperidine rings is 1. The van der Waals surface area contributed by atoms with Crippen molar-refractivity contribution in [3.05, 3.63) is 58.4 Å². The number of aromatic nitrogens is 2. The molecule has 0 spiro atoms. The highest BCUT2D eigenvalue weighted by Crippen LogP contribution is 2.19. The second-order valence-electron chi connectivity index (χ2n) is 5.94. The van der Waals surface area contributed by atoms with Gasteiger partial charge in [-0.25, -0.2) is 9.37 Å². The van der Waals surface area contributed by atoms with E-state index in [9.17, 15) is 19.1 Å². The minimum Gasteiger partial charge on any atom is -0.481 e. The first kappa shape index (κ1) is 16.2. The molecular weight excluding hydrogens is 313 g/mol. The lowest BCUT2D eigenvalue weighted by atomic mass is 9.98. The highest BCUT2D eigenvalue weighted by atomic mass is 19.1. The van der Waals surface area contributed by atoms with Crippen LogP contribution in [-0.4, -0.2) is 33.7 Å². The van der Waals surface area contributed by atoms with Gasteiger partial charge in [0.15, 0.2) is 5.82 Å². The van der Waals surface area contributed by atoms with Crippen LogP contribution in [0.5, 0.6) is 0 Å². The van der Waals surface area contributed by atoms with Crippen LogP contribution in [0.25, 0.3) is 0 Å². The Morgan fingerprint density at radius 3 is 3.00 bits per heavy atom. The predicted molar refractivity (Wildman–Crippen MR) is 86.6 cm³/mol. The van der Waals surface area contributed by atoms with E-state index < -0.39 is 11.9 Å². The van der Waals surface area contributed by atoms with Crippen molar-refractivity contribution < 1.29 is 14.3 Å². The Hall–Kier alpha value is -2.70. The second kappa shape index (κ2) is 6.82. The van der Waals surface area contributed by atoms with Crippen LogP contribution < -0.4 is 10.5 Å². The summed E-state index contributed by atoms with van der Waals surface area (Å²) < 4.78 is 14.8. The van der Waals surface area contributed by atoms with E-state index in [0.29, 0.717) is 24.9 Å². The Morgan fingerprint density at radius 1 is 1.42 bits per heavy atom. The maximum absolute atomic E-state index is 13.3. The van der Waals surface area contributed by atoms with Gasteiger partial charge in [-0.2, -0.15) is 0 Å². The van der Waals surface area contributed by atoms with Gasteiger partial charge in [-0.3, -0.25) is 9.59 Å². The highest BCUT2D eigenvalue weighted by molar-refractivity contribution is 5.71. The van der Waals surface area contributed by atoms with Gasteiger partial charge in [0.05, 0.1) is 12.5 Å².